The highest BCUT2D eigenvalue weighted by atomic mass is 16.5. The number of amides is 1. The first-order chi connectivity index (χ1) is 15.0. The molecule has 0 spiro atoms. The van der Waals surface area contributed by atoms with Gasteiger partial charge in [-0.2, -0.15) is 0 Å². The van der Waals surface area contributed by atoms with Gasteiger partial charge in [-0.1, -0.05) is 0 Å². The zero-order chi connectivity index (χ0) is 21.7. The van der Waals surface area contributed by atoms with Crippen LogP contribution in [0.2, 0.25) is 0 Å². The normalized spacial score (nSPS) is 17.0. The minimum atomic E-state index is -0.0306. The van der Waals surface area contributed by atoms with Crippen molar-refractivity contribution in [2.24, 2.45) is 12.8 Å². The molecule has 1 aliphatic heterocycles. The molecular formula is C23H27N5O3. The molecule has 1 saturated heterocycles. The van der Waals surface area contributed by atoms with E-state index in [2.05, 4.69) is 17.6 Å². The molecule has 8 heteroatoms. The lowest BCUT2D eigenvalue weighted by molar-refractivity contribution is 0.0708. The van der Waals surface area contributed by atoms with Gasteiger partial charge in [0.05, 0.1) is 24.6 Å². The Morgan fingerprint density at radius 1 is 1.35 bits per heavy atom. The van der Waals surface area contributed by atoms with Crippen LogP contribution in [0.1, 0.15) is 30.1 Å². The fourth-order valence-electron chi connectivity index (χ4n) is 4.67. The van der Waals surface area contributed by atoms with E-state index in [1.54, 1.807) is 19.4 Å². The van der Waals surface area contributed by atoms with Gasteiger partial charge in [-0.25, -0.2) is 4.98 Å². The fraction of sp³-hybridized carbons (Fsp3) is 0.391. The van der Waals surface area contributed by atoms with Crippen molar-refractivity contribution in [2.45, 2.75) is 32.4 Å². The number of carbonyl (C=O) groups excluding carboxylic acids is 1. The van der Waals surface area contributed by atoms with Crippen molar-refractivity contribution in [1.29, 1.82) is 0 Å². The van der Waals surface area contributed by atoms with Crippen LogP contribution in [-0.2, 0) is 13.6 Å². The third kappa shape index (κ3) is 3.09. The molecule has 1 atom stereocenters. The van der Waals surface area contributed by atoms with E-state index in [-0.39, 0.29) is 11.9 Å². The SMILES string of the molecule is CCn1c(-c2nc3cc(C(=O)N4CCCC(N)C4)cc(OC)c3n2C)cc2ccoc21. The van der Waals surface area contributed by atoms with Gasteiger partial charge in [0.2, 0.25) is 5.71 Å². The van der Waals surface area contributed by atoms with Crippen LogP contribution in [0.4, 0.5) is 0 Å². The molecule has 0 saturated carbocycles. The van der Waals surface area contributed by atoms with Crippen molar-refractivity contribution < 1.29 is 13.9 Å². The first kappa shape index (κ1) is 19.7. The number of ether oxygens (including phenoxy) is 1. The lowest BCUT2D eigenvalue weighted by atomic mass is 10.0. The monoisotopic (exact) mass is 421 g/mol. The number of nitrogens with two attached hydrogens (primary N) is 1. The summed E-state index contributed by atoms with van der Waals surface area (Å²) in [4.78, 5) is 19.9. The van der Waals surface area contributed by atoms with E-state index < -0.39 is 0 Å². The van der Waals surface area contributed by atoms with Crippen LogP contribution in [0, 0.1) is 0 Å². The van der Waals surface area contributed by atoms with Gasteiger partial charge in [-0.05, 0) is 44.0 Å². The number of hydrogen-bond donors (Lipinski definition) is 1. The molecule has 2 N–H and O–H groups in total. The highest BCUT2D eigenvalue weighted by molar-refractivity contribution is 6.00. The Balaban J connectivity index is 1.63. The summed E-state index contributed by atoms with van der Waals surface area (Å²) in [5.41, 5.74) is 10.0. The fourth-order valence-corrected chi connectivity index (χ4v) is 4.67. The Morgan fingerprint density at radius 3 is 2.94 bits per heavy atom. The number of likely N-dealkylation sites (tertiary alicyclic amines) is 1. The number of imidazole rings is 1. The molecule has 162 valence electrons. The molecule has 8 nitrogen and oxygen atoms in total. The summed E-state index contributed by atoms with van der Waals surface area (Å²) in [6.45, 7) is 4.14. The van der Waals surface area contributed by atoms with Crippen molar-refractivity contribution >= 4 is 28.0 Å². The molecule has 3 aromatic heterocycles. The molecule has 1 aromatic carbocycles. The van der Waals surface area contributed by atoms with Crippen LogP contribution in [0.25, 0.3) is 33.7 Å². The van der Waals surface area contributed by atoms with Gasteiger partial charge < -0.3 is 28.9 Å². The van der Waals surface area contributed by atoms with Crippen LogP contribution < -0.4 is 10.5 Å². The number of nitrogens with zero attached hydrogens (tertiary/aromatic N) is 4. The second kappa shape index (κ2) is 7.46. The molecule has 31 heavy (non-hydrogen) atoms. The zero-order valence-electron chi connectivity index (χ0n) is 18.1. The average Bonchev–Trinajstić information content (AvgIpc) is 3.45. The Labute approximate surface area is 180 Å². The van der Waals surface area contributed by atoms with Gasteiger partial charge in [0.25, 0.3) is 5.91 Å². The van der Waals surface area contributed by atoms with Crippen molar-refractivity contribution in [1.82, 2.24) is 19.0 Å². The minimum Gasteiger partial charge on any atom is -0.494 e. The number of aryl methyl sites for hydroxylation is 2. The molecule has 0 aliphatic carbocycles. The number of hydrogen-bond acceptors (Lipinski definition) is 5. The lowest BCUT2D eigenvalue weighted by Crippen LogP contribution is -2.45. The van der Waals surface area contributed by atoms with Gasteiger partial charge in [0.1, 0.15) is 11.3 Å². The van der Waals surface area contributed by atoms with Gasteiger partial charge in [0, 0.05) is 43.7 Å². The average molecular weight is 422 g/mol. The van der Waals surface area contributed by atoms with Crippen LogP contribution in [0.15, 0.2) is 34.9 Å². The Bertz CT molecular complexity index is 1280. The highest BCUT2D eigenvalue weighted by Gasteiger charge is 2.25. The molecule has 5 rings (SSSR count). The van der Waals surface area contributed by atoms with Gasteiger partial charge >= 0.3 is 0 Å². The Hall–Kier alpha value is -3.26. The summed E-state index contributed by atoms with van der Waals surface area (Å²) in [5, 5.41) is 1.04. The lowest BCUT2D eigenvalue weighted by Gasteiger charge is -2.30. The molecule has 4 heterocycles. The van der Waals surface area contributed by atoms with E-state index in [1.165, 1.54) is 0 Å². The summed E-state index contributed by atoms with van der Waals surface area (Å²) < 4.78 is 15.5. The maximum absolute atomic E-state index is 13.2. The number of benzene rings is 1. The predicted molar refractivity (Wildman–Crippen MR) is 119 cm³/mol. The van der Waals surface area contributed by atoms with Crippen molar-refractivity contribution in [3.05, 3.63) is 36.1 Å². The Morgan fingerprint density at radius 2 is 2.19 bits per heavy atom. The number of furan rings is 1. The number of rotatable bonds is 4. The second-order valence-electron chi connectivity index (χ2n) is 8.15. The topological polar surface area (TPSA) is 91.5 Å². The molecular weight excluding hydrogens is 394 g/mol. The molecule has 1 amide bonds. The smallest absolute Gasteiger partial charge is 0.254 e. The third-order valence-corrected chi connectivity index (χ3v) is 6.19. The zero-order valence-corrected chi connectivity index (χ0v) is 18.1. The van der Waals surface area contributed by atoms with Crippen LogP contribution >= 0.6 is 0 Å². The van der Waals surface area contributed by atoms with Crippen molar-refractivity contribution in [3.8, 4) is 17.3 Å². The molecule has 4 aromatic rings. The van der Waals surface area contributed by atoms with Gasteiger partial charge in [0.15, 0.2) is 5.82 Å². The summed E-state index contributed by atoms with van der Waals surface area (Å²) in [6.07, 6.45) is 3.58. The van der Waals surface area contributed by atoms with E-state index in [1.807, 2.05) is 28.6 Å². The number of carbonyl (C=O) groups is 1. The second-order valence-corrected chi connectivity index (χ2v) is 8.15. The van der Waals surface area contributed by atoms with Crippen LogP contribution in [-0.4, -0.2) is 51.2 Å². The molecule has 0 radical (unpaired) electrons. The van der Waals surface area contributed by atoms with Crippen LogP contribution in [0.3, 0.4) is 0 Å². The number of aromatic nitrogens is 3. The van der Waals surface area contributed by atoms with E-state index >= 15 is 0 Å². The molecule has 1 fully saturated rings. The van der Waals surface area contributed by atoms with E-state index in [0.29, 0.717) is 17.9 Å². The standard InChI is InChI=1S/C23H27N5O3/c1-4-28-18(11-14-7-9-31-23(14)28)21-25-17-10-15(12-19(30-3)20(17)26(21)2)22(29)27-8-5-6-16(24)13-27/h7,9-12,16H,4-6,8,13,24H2,1-3H3. The minimum absolute atomic E-state index is 0.0306. The van der Waals surface area contributed by atoms with Gasteiger partial charge in [-0.3, -0.25) is 4.79 Å². The number of fused-ring (bicyclic) bond motifs is 2. The Kier molecular flexibility index (Phi) is 4.74. The van der Waals surface area contributed by atoms with Crippen molar-refractivity contribution in [3.63, 3.8) is 0 Å². The van der Waals surface area contributed by atoms with Gasteiger partial charge in [-0.15, -0.1) is 0 Å². The third-order valence-electron chi connectivity index (χ3n) is 6.19. The first-order valence-corrected chi connectivity index (χ1v) is 10.7. The summed E-state index contributed by atoms with van der Waals surface area (Å²) in [6, 6.07) is 7.73. The van der Waals surface area contributed by atoms with E-state index in [0.717, 1.165) is 59.6 Å². The largest absolute Gasteiger partial charge is 0.494 e. The summed E-state index contributed by atoms with van der Waals surface area (Å²) in [5.74, 6) is 1.39. The van der Waals surface area contributed by atoms with Crippen molar-refractivity contribution in [2.75, 3.05) is 20.2 Å². The molecule has 1 aliphatic rings. The van der Waals surface area contributed by atoms with Crippen LogP contribution in [0.5, 0.6) is 5.75 Å². The van der Waals surface area contributed by atoms with E-state index in [4.69, 9.17) is 19.9 Å². The first-order valence-electron chi connectivity index (χ1n) is 10.7. The summed E-state index contributed by atoms with van der Waals surface area (Å²) in [7, 11) is 3.58. The predicted octanol–water partition coefficient (Wildman–Crippen LogP) is 3.38. The number of methoxy groups -OCH3 is 1. The molecule has 0 bridgehead atoms. The maximum atomic E-state index is 13.2. The summed E-state index contributed by atoms with van der Waals surface area (Å²) >= 11 is 0. The maximum Gasteiger partial charge on any atom is 0.254 e. The quantitative estimate of drug-likeness (QED) is 0.545. The molecule has 1 unspecified atom stereocenters. The van der Waals surface area contributed by atoms with E-state index in [9.17, 15) is 4.79 Å². The number of piperidine rings is 1. The highest BCUT2D eigenvalue weighted by Crippen LogP contribution is 2.34.